The van der Waals surface area contributed by atoms with Crippen molar-refractivity contribution < 1.29 is 9.47 Å². The van der Waals surface area contributed by atoms with Crippen molar-refractivity contribution in [2.75, 3.05) is 13.2 Å². The third-order valence-corrected chi connectivity index (χ3v) is 2.35. The van der Waals surface area contributed by atoms with Crippen LogP contribution in [0.15, 0.2) is 24.2 Å². The standard InChI is InChI=1S/C17H28O2/c1-4-7-8-9-10-11-12-13-14-17(18-15-5-2)19-16-6-3/h10-11,14H,4-9,15-16H2,1-3H3/b11-10+. The molecule has 0 bridgehead atoms. The van der Waals surface area contributed by atoms with E-state index >= 15 is 0 Å². The van der Waals surface area contributed by atoms with Gasteiger partial charge in [-0.25, -0.2) is 0 Å². The Kier molecular flexibility index (Phi) is 13.6. The van der Waals surface area contributed by atoms with Crippen LogP contribution in [-0.4, -0.2) is 13.2 Å². The zero-order valence-electron chi connectivity index (χ0n) is 12.7. The van der Waals surface area contributed by atoms with Gasteiger partial charge in [0.1, 0.15) is 0 Å². The Balaban J connectivity index is 4.05. The van der Waals surface area contributed by atoms with E-state index in [9.17, 15) is 0 Å². The summed E-state index contributed by atoms with van der Waals surface area (Å²) in [4.78, 5) is 0. The van der Waals surface area contributed by atoms with Gasteiger partial charge in [0.2, 0.25) is 0 Å². The molecule has 0 saturated carbocycles. The van der Waals surface area contributed by atoms with Crippen LogP contribution in [0, 0.1) is 11.8 Å². The Bertz CT molecular complexity index is 295. The van der Waals surface area contributed by atoms with Crippen LogP contribution in [0.4, 0.5) is 0 Å². The molecule has 2 heteroatoms. The molecule has 0 N–H and O–H groups in total. The summed E-state index contributed by atoms with van der Waals surface area (Å²) in [5, 5.41) is 0. The van der Waals surface area contributed by atoms with Gasteiger partial charge in [-0.1, -0.05) is 51.5 Å². The summed E-state index contributed by atoms with van der Waals surface area (Å²) in [6.07, 6.45) is 12.6. The molecule has 108 valence electrons. The quantitative estimate of drug-likeness (QED) is 0.320. The van der Waals surface area contributed by atoms with Crippen molar-refractivity contribution in [2.45, 2.75) is 59.3 Å². The molecule has 0 aliphatic rings. The Morgan fingerprint density at radius 1 is 0.895 bits per heavy atom. The Morgan fingerprint density at radius 3 is 2.16 bits per heavy atom. The van der Waals surface area contributed by atoms with Crippen LogP contribution in [0.3, 0.4) is 0 Å². The van der Waals surface area contributed by atoms with E-state index in [1.807, 2.05) is 6.08 Å². The molecule has 19 heavy (non-hydrogen) atoms. The molecule has 2 nitrogen and oxygen atoms in total. The SMILES string of the molecule is CCCCC/C=C/C#CC=C(OCCC)OCCC. The van der Waals surface area contributed by atoms with Gasteiger partial charge in [0.25, 0.3) is 5.95 Å². The van der Waals surface area contributed by atoms with Crippen molar-refractivity contribution in [3.63, 3.8) is 0 Å². The topological polar surface area (TPSA) is 18.5 Å². The third kappa shape index (κ3) is 12.9. The van der Waals surface area contributed by atoms with Crippen molar-refractivity contribution >= 4 is 0 Å². The summed E-state index contributed by atoms with van der Waals surface area (Å²) in [6.45, 7) is 7.70. The average molecular weight is 264 g/mol. The van der Waals surface area contributed by atoms with Gasteiger partial charge in [-0.15, -0.1) is 0 Å². The molecule has 0 rings (SSSR count). The zero-order chi connectivity index (χ0) is 14.2. The number of unbranched alkanes of at least 4 members (excludes halogenated alkanes) is 3. The summed E-state index contributed by atoms with van der Waals surface area (Å²) in [7, 11) is 0. The molecular weight excluding hydrogens is 236 g/mol. The second kappa shape index (κ2) is 14.7. The normalized spacial score (nSPS) is 9.84. The fourth-order valence-corrected chi connectivity index (χ4v) is 1.33. The first kappa shape index (κ1) is 17.6. The van der Waals surface area contributed by atoms with Gasteiger partial charge in [-0.3, -0.25) is 0 Å². The first-order valence-corrected chi connectivity index (χ1v) is 7.46. The minimum Gasteiger partial charge on any atom is -0.465 e. The van der Waals surface area contributed by atoms with E-state index in [0.717, 1.165) is 19.3 Å². The van der Waals surface area contributed by atoms with Crippen molar-refractivity contribution in [3.8, 4) is 11.8 Å². The van der Waals surface area contributed by atoms with Gasteiger partial charge < -0.3 is 9.47 Å². The minimum atomic E-state index is 0.538. The molecule has 0 aromatic rings. The molecule has 0 atom stereocenters. The highest BCUT2D eigenvalue weighted by Crippen LogP contribution is 2.01. The highest BCUT2D eigenvalue weighted by Gasteiger charge is 1.96. The smallest absolute Gasteiger partial charge is 0.287 e. The van der Waals surface area contributed by atoms with Gasteiger partial charge in [0, 0.05) is 0 Å². The third-order valence-electron chi connectivity index (χ3n) is 2.35. The molecule has 0 spiro atoms. The summed E-state index contributed by atoms with van der Waals surface area (Å²) in [5.41, 5.74) is 0. The lowest BCUT2D eigenvalue weighted by Gasteiger charge is -2.08. The van der Waals surface area contributed by atoms with Crippen LogP contribution in [0.1, 0.15) is 59.3 Å². The molecule has 0 aliphatic carbocycles. The van der Waals surface area contributed by atoms with Crippen LogP contribution >= 0.6 is 0 Å². The van der Waals surface area contributed by atoms with Gasteiger partial charge in [-0.05, 0) is 31.8 Å². The summed E-state index contributed by atoms with van der Waals surface area (Å²) in [5.74, 6) is 6.46. The largest absolute Gasteiger partial charge is 0.465 e. The van der Waals surface area contributed by atoms with Crippen LogP contribution in [0.25, 0.3) is 0 Å². The number of rotatable bonds is 10. The Labute approximate surface area is 118 Å². The second-order valence-corrected chi connectivity index (χ2v) is 4.35. The van der Waals surface area contributed by atoms with Crippen molar-refractivity contribution in [1.29, 1.82) is 0 Å². The molecule has 0 fully saturated rings. The Morgan fingerprint density at radius 2 is 1.58 bits per heavy atom. The molecule has 0 amide bonds. The second-order valence-electron chi connectivity index (χ2n) is 4.35. The fraction of sp³-hybridized carbons (Fsp3) is 0.647. The first-order chi connectivity index (χ1) is 9.35. The van der Waals surface area contributed by atoms with Crippen LogP contribution in [0.5, 0.6) is 0 Å². The lowest BCUT2D eigenvalue weighted by molar-refractivity contribution is 0.0361. The maximum atomic E-state index is 5.47. The van der Waals surface area contributed by atoms with Crippen molar-refractivity contribution in [3.05, 3.63) is 24.2 Å². The molecule has 0 heterocycles. The number of hydrogen-bond acceptors (Lipinski definition) is 2. The van der Waals surface area contributed by atoms with E-state index in [2.05, 4.69) is 38.7 Å². The van der Waals surface area contributed by atoms with Gasteiger partial charge in [0.15, 0.2) is 0 Å². The predicted molar refractivity (Wildman–Crippen MR) is 81.6 cm³/mol. The fourth-order valence-electron chi connectivity index (χ4n) is 1.33. The summed E-state index contributed by atoms with van der Waals surface area (Å²) >= 11 is 0. The van der Waals surface area contributed by atoms with Gasteiger partial charge in [0.05, 0.1) is 19.3 Å². The van der Waals surface area contributed by atoms with Crippen molar-refractivity contribution in [2.24, 2.45) is 0 Å². The lowest BCUT2D eigenvalue weighted by atomic mass is 10.2. The molecule has 0 saturated heterocycles. The van der Waals surface area contributed by atoms with E-state index in [1.165, 1.54) is 19.3 Å². The van der Waals surface area contributed by atoms with Crippen LogP contribution < -0.4 is 0 Å². The molecule has 0 aromatic carbocycles. The number of hydrogen-bond donors (Lipinski definition) is 0. The molecule has 0 radical (unpaired) electrons. The predicted octanol–water partition coefficient (Wildman–Crippen LogP) is 4.82. The average Bonchev–Trinajstić information content (AvgIpc) is 2.43. The summed E-state index contributed by atoms with van der Waals surface area (Å²) in [6, 6.07) is 0. The van der Waals surface area contributed by atoms with E-state index in [0.29, 0.717) is 19.2 Å². The zero-order valence-corrected chi connectivity index (χ0v) is 12.7. The lowest BCUT2D eigenvalue weighted by Crippen LogP contribution is -1.99. The van der Waals surface area contributed by atoms with E-state index in [1.54, 1.807) is 6.08 Å². The highest BCUT2D eigenvalue weighted by molar-refractivity contribution is 5.23. The number of allylic oxidation sites excluding steroid dienone is 3. The van der Waals surface area contributed by atoms with Gasteiger partial charge in [-0.2, -0.15) is 0 Å². The summed E-state index contributed by atoms with van der Waals surface area (Å²) < 4.78 is 10.9. The van der Waals surface area contributed by atoms with Crippen LogP contribution in [0.2, 0.25) is 0 Å². The van der Waals surface area contributed by atoms with E-state index in [4.69, 9.17) is 9.47 Å². The molecule has 0 aromatic heterocycles. The first-order valence-electron chi connectivity index (χ1n) is 7.46. The maximum Gasteiger partial charge on any atom is 0.287 e. The molecular formula is C17H28O2. The van der Waals surface area contributed by atoms with E-state index < -0.39 is 0 Å². The maximum absolute atomic E-state index is 5.47. The van der Waals surface area contributed by atoms with E-state index in [-0.39, 0.29) is 0 Å². The van der Waals surface area contributed by atoms with Crippen LogP contribution in [-0.2, 0) is 9.47 Å². The molecule has 0 unspecified atom stereocenters. The molecule has 0 aliphatic heterocycles. The monoisotopic (exact) mass is 264 g/mol. The van der Waals surface area contributed by atoms with Crippen molar-refractivity contribution in [1.82, 2.24) is 0 Å². The minimum absolute atomic E-state index is 0.538. The van der Waals surface area contributed by atoms with Gasteiger partial charge >= 0.3 is 0 Å². The number of ether oxygens (including phenoxy) is 2. The highest BCUT2D eigenvalue weighted by atomic mass is 16.7. The Hall–Kier alpha value is -1.36.